The van der Waals surface area contributed by atoms with Gasteiger partial charge in [-0.3, -0.25) is 4.90 Å². The maximum absolute atomic E-state index is 9.54. The van der Waals surface area contributed by atoms with Gasteiger partial charge >= 0.3 is 0 Å². The number of rotatable bonds is 1. The van der Waals surface area contributed by atoms with E-state index in [9.17, 15) is 5.11 Å². The van der Waals surface area contributed by atoms with Gasteiger partial charge in [-0.25, -0.2) is 0 Å². The van der Waals surface area contributed by atoms with Gasteiger partial charge in [-0.15, -0.1) is 0 Å². The Morgan fingerprint density at radius 2 is 2.08 bits per heavy atom. The third kappa shape index (κ3) is 2.08. The molecule has 1 N–H and O–H groups in total. The smallest absolute Gasteiger partial charge is 0.104 e. The second-order valence-electron chi connectivity index (χ2n) is 4.10. The van der Waals surface area contributed by atoms with E-state index in [0.717, 1.165) is 19.4 Å². The van der Waals surface area contributed by atoms with Crippen molar-refractivity contribution in [2.75, 3.05) is 6.54 Å². The second kappa shape index (κ2) is 3.58. The molecule has 0 fully saturated rings. The van der Waals surface area contributed by atoms with E-state index >= 15 is 0 Å². The summed E-state index contributed by atoms with van der Waals surface area (Å²) in [6.45, 7) is 7.15. The Labute approximate surface area is 74.9 Å². The van der Waals surface area contributed by atoms with Gasteiger partial charge in [0.25, 0.3) is 0 Å². The minimum Gasteiger partial charge on any atom is -0.379 e. The van der Waals surface area contributed by atoms with E-state index in [1.807, 2.05) is 6.92 Å². The van der Waals surface area contributed by atoms with Crippen LogP contribution >= 0.6 is 0 Å². The van der Waals surface area contributed by atoms with Crippen molar-refractivity contribution >= 4 is 0 Å². The first-order chi connectivity index (χ1) is 5.54. The Kier molecular flexibility index (Phi) is 2.91. The van der Waals surface area contributed by atoms with Crippen LogP contribution < -0.4 is 0 Å². The molecule has 0 aromatic rings. The molecule has 2 nitrogen and oxygen atoms in total. The van der Waals surface area contributed by atoms with Crippen LogP contribution in [0.2, 0.25) is 0 Å². The monoisotopic (exact) mass is 169 g/mol. The first-order valence-corrected chi connectivity index (χ1v) is 4.64. The fourth-order valence-corrected chi connectivity index (χ4v) is 1.82. The molecular formula is C10H19NO. The van der Waals surface area contributed by atoms with Crippen LogP contribution in [0, 0.1) is 0 Å². The molecule has 2 heteroatoms. The lowest BCUT2D eigenvalue weighted by Crippen LogP contribution is -2.48. The molecular weight excluding hydrogens is 150 g/mol. The fraction of sp³-hybridized carbons (Fsp3) is 0.800. The molecule has 70 valence electrons. The van der Waals surface area contributed by atoms with E-state index in [2.05, 4.69) is 30.9 Å². The molecule has 1 atom stereocenters. The topological polar surface area (TPSA) is 23.5 Å². The van der Waals surface area contributed by atoms with Crippen LogP contribution in [0.25, 0.3) is 0 Å². The molecule has 12 heavy (non-hydrogen) atoms. The molecule has 1 aliphatic heterocycles. The van der Waals surface area contributed by atoms with Gasteiger partial charge in [0.15, 0.2) is 0 Å². The Morgan fingerprint density at radius 1 is 1.42 bits per heavy atom. The molecule has 1 unspecified atom stereocenters. The van der Waals surface area contributed by atoms with Gasteiger partial charge < -0.3 is 5.11 Å². The average molecular weight is 169 g/mol. The highest BCUT2D eigenvalue weighted by Gasteiger charge is 2.28. The van der Waals surface area contributed by atoms with Crippen LogP contribution in [0.3, 0.4) is 0 Å². The quantitative estimate of drug-likeness (QED) is 0.605. The summed E-state index contributed by atoms with van der Waals surface area (Å²) in [6.07, 6.45) is 6.15. The average Bonchev–Trinajstić information content (AvgIpc) is 2.09. The zero-order chi connectivity index (χ0) is 9.19. The zero-order valence-electron chi connectivity index (χ0n) is 8.25. The van der Waals surface area contributed by atoms with Crippen LogP contribution in [0.1, 0.15) is 33.6 Å². The van der Waals surface area contributed by atoms with E-state index in [-0.39, 0.29) is 11.8 Å². The number of nitrogens with zero attached hydrogens (tertiary/aromatic N) is 1. The first-order valence-electron chi connectivity index (χ1n) is 4.64. The summed E-state index contributed by atoms with van der Waals surface area (Å²) in [7, 11) is 0. The molecule has 0 aromatic heterocycles. The van der Waals surface area contributed by atoms with E-state index in [1.54, 1.807) is 0 Å². The molecule has 1 heterocycles. The Hall–Kier alpha value is -0.340. The molecule has 0 aromatic carbocycles. The van der Waals surface area contributed by atoms with Gasteiger partial charge in [-0.2, -0.15) is 0 Å². The molecule has 1 rings (SSSR count). The normalized spacial score (nSPS) is 26.7. The molecule has 0 saturated carbocycles. The SMILES string of the molecule is CC(O)N1CCC=CCC1(C)C. The predicted octanol–water partition coefficient (Wildman–Crippen LogP) is 1.76. The first kappa shape index (κ1) is 9.75. The van der Waals surface area contributed by atoms with Crippen molar-refractivity contribution < 1.29 is 5.11 Å². The summed E-state index contributed by atoms with van der Waals surface area (Å²) < 4.78 is 0. The summed E-state index contributed by atoms with van der Waals surface area (Å²) in [5, 5.41) is 9.54. The van der Waals surface area contributed by atoms with Crippen molar-refractivity contribution in [3.63, 3.8) is 0 Å². The molecule has 1 aliphatic rings. The van der Waals surface area contributed by atoms with Crippen LogP contribution in [-0.2, 0) is 0 Å². The highest BCUT2D eigenvalue weighted by atomic mass is 16.3. The van der Waals surface area contributed by atoms with E-state index in [4.69, 9.17) is 0 Å². The van der Waals surface area contributed by atoms with E-state index < -0.39 is 0 Å². The van der Waals surface area contributed by atoms with E-state index in [0.29, 0.717) is 0 Å². The fourth-order valence-electron chi connectivity index (χ4n) is 1.82. The minimum absolute atomic E-state index is 0.0984. The molecule has 0 spiro atoms. The Bertz CT molecular complexity index is 173. The van der Waals surface area contributed by atoms with Gasteiger partial charge in [0, 0.05) is 12.1 Å². The highest BCUT2D eigenvalue weighted by Crippen LogP contribution is 2.24. The number of aliphatic hydroxyl groups excluding tert-OH is 1. The lowest BCUT2D eigenvalue weighted by molar-refractivity contribution is -0.0413. The maximum atomic E-state index is 9.54. The van der Waals surface area contributed by atoms with Crippen molar-refractivity contribution in [1.29, 1.82) is 0 Å². The van der Waals surface area contributed by atoms with Crippen molar-refractivity contribution in [2.24, 2.45) is 0 Å². The van der Waals surface area contributed by atoms with Crippen LogP contribution in [0.15, 0.2) is 12.2 Å². The third-order valence-electron chi connectivity index (χ3n) is 2.55. The summed E-state index contributed by atoms with van der Waals surface area (Å²) >= 11 is 0. The highest BCUT2D eigenvalue weighted by molar-refractivity contribution is 4.97. The minimum atomic E-state index is -0.333. The van der Waals surface area contributed by atoms with Gasteiger partial charge in [0.2, 0.25) is 0 Å². The predicted molar refractivity (Wildman–Crippen MR) is 50.8 cm³/mol. The third-order valence-corrected chi connectivity index (χ3v) is 2.55. The largest absolute Gasteiger partial charge is 0.379 e. The maximum Gasteiger partial charge on any atom is 0.104 e. The van der Waals surface area contributed by atoms with Crippen LogP contribution in [0.4, 0.5) is 0 Å². The lowest BCUT2D eigenvalue weighted by atomic mass is 9.98. The summed E-state index contributed by atoms with van der Waals surface area (Å²) in [6, 6.07) is 0. The molecule has 0 amide bonds. The van der Waals surface area contributed by atoms with Gasteiger partial charge in [0.1, 0.15) is 6.23 Å². The van der Waals surface area contributed by atoms with Crippen LogP contribution in [-0.4, -0.2) is 28.3 Å². The molecule has 0 saturated heterocycles. The van der Waals surface area contributed by atoms with Crippen molar-refractivity contribution in [3.05, 3.63) is 12.2 Å². The number of hydrogen-bond acceptors (Lipinski definition) is 2. The van der Waals surface area contributed by atoms with Gasteiger partial charge in [0.05, 0.1) is 0 Å². The lowest BCUT2D eigenvalue weighted by Gasteiger charge is -2.38. The molecule has 0 radical (unpaired) electrons. The number of aliphatic hydroxyl groups is 1. The van der Waals surface area contributed by atoms with Crippen molar-refractivity contribution in [3.8, 4) is 0 Å². The summed E-state index contributed by atoms with van der Waals surface area (Å²) in [5.41, 5.74) is 0.0984. The number of hydrogen-bond donors (Lipinski definition) is 1. The standard InChI is InChI=1S/C10H19NO/c1-9(12)11-8-6-4-5-7-10(11,2)3/h4-5,9,12H,6-8H2,1-3H3. The van der Waals surface area contributed by atoms with Gasteiger partial charge in [-0.1, -0.05) is 12.2 Å². The van der Waals surface area contributed by atoms with Crippen molar-refractivity contribution in [1.82, 2.24) is 4.90 Å². The second-order valence-corrected chi connectivity index (χ2v) is 4.10. The zero-order valence-corrected chi connectivity index (χ0v) is 8.25. The molecule has 0 bridgehead atoms. The van der Waals surface area contributed by atoms with Gasteiger partial charge in [-0.05, 0) is 33.6 Å². The summed E-state index contributed by atoms with van der Waals surface area (Å²) in [5.74, 6) is 0. The van der Waals surface area contributed by atoms with Crippen molar-refractivity contribution in [2.45, 2.75) is 45.4 Å². The van der Waals surface area contributed by atoms with E-state index in [1.165, 1.54) is 0 Å². The van der Waals surface area contributed by atoms with Crippen LogP contribution in [0.5, 0.6) is 0 Å². The Morgan fingerprint density at radius 3 is 2.67 bits per heavy atom. The Balaban J connectivity index is 2.71. The molecule has 0 aliphatic carbocycles. The summed E-state index contributed by atoms with van der Waals surface area (Å²) in [4.78, 5) is 2.15.